The molecule has 7 nitrogen and oxygen atoms in total. The Kier molecular flexibility index (Phi) is 6.94. The van der Waals surface area contributed by atoms with Crippen LogP contribution in [-0.4, -0.2) is 26.0 Å². The van der Waals surface area contributed by atoms with Crippen LogP contribution in [0.1, 0.15) is 43.7 Å². The maximum atomic E-state index is 13.3. The van der Waals surface area contributed by atoms with Crippen LogP contribution in [0.3, 0.4) is 0 Å². The van der Waals surface area contributed by atoms with Crippen molar-refractivity contribution in [2.75, 3.05) is 14.2 Å². The van der Waals surface area contributed by atoms with Crippen molar-refractivity contribution >= 4 is 27.7 Å². The summed E-state index contributed by atoms with van der Waals surface area (Å²) in [6.07, 6.45) is 0.879. The van der Waals surface area contributed by atoms with Gasteiger partial charge in [0.15, 0.2) is 5.78 Å². The molecule has 0 radical (unpaired) electrons. The molecule has 0 fully saturated rings. The number of esters is 1. The highest BCUT2D eigenvalue weighted by atomic mass is 79.9. The number of carbonyl (C=O) groups is 2. The number of methoxy groups -OCH3 is 2. The van der Waals surface area contributed by atoms with Crippen molar-refractivity contribution in [1.82, 2.24) is 0 Å². The minimum atomic E-state index is -0.717. The van der Waals surface area contributed by atoms with Gasteiger partial charge in [-0.15, -0.1) is 0 Å². The first-order valence-corrected chi connectivity index (χ1v) is 12.0. The van der Waals surface area contributed by atoms with Crippen molar-refractivity contribution in [2.45, 2.75) is 39.2 Å². The summed E-state index contributed by atoms with van der Waals surface area (Å²) < 4.78 is 23.3. The summed E-state index contributed by atoms with van der Waals surface area (Å²) in [6, 6.07) is 13.0. The highest BCUT2D eigenvalue weighted by Crippen LogP contribution is 2.48. The van der Waals surface area contributed by atoms with Crippen molar-refractivity contribution in [3.8, 4) is 11.5 Å². The van der Waals surface area contributed by atoms with Crippen molar-refractivity contribution in [1.29, 1.82) is 0 Å². The van der Waals surface area contributed by atoms with Crippen LogP contribution in [0.25, 0.3) is 0 Å². The molecule has 2 aromatic carbocycles. The molecule has 35 heavy (non-hydrogen) atoms. The fraction of sp³-hybridized carbons (Fsp3) is 0.333. The van der Waals surface area contributed by atoms with Gasteiger partial charge in [0.2, 0.25) is 5.88 Å². The maximum Gasteiger partial charge on any atom is 0.340 e. The van der Waals surface area contributed by atoms with Crippen LogP contribution < -0.4 is 15.2 Å². The molecule has 1 aliphatic carbocycles. The Balaban J connectivity index is 1.79. The third-order valence-corrected chi connectivity index (χ3v) is 6.68. The zero-order valence-electron chi connectivity index (χ0n) is 20.1. The highest BCUT2D eigenvalue weighted by Gasteiger charge is 2.45. The van der Waals surface area contributed by atoms with E-state index in [-0.39, 0.29) is 29.3 Å². The zero-order chi connectivity index (χ0) is 25.3. The average molecular weight is 542 g/mol. The zero-order valence-corrected chi connectivity index (χ0v) is 21.7. The molecule has 0 saturated carbocycles. The Morgan fingerprint density at radius 3 is 2.63 bits per heavy atom. The van der Waals surface area contributed by atoms with Crippen molar-refractivity contribution in [3.63, 3.8) is 0 Å². The normalized spacial score (nSPS) is 19.1. The Bertz CT molecular complexity index is 1250. The van der Waals surface area contributed by atoms with Gasteiger partial charge in [-0.2, -0.15) is 0 Å². The van der Waals surface area contributed by atoms with Gasteiger partial charge in [0, 0.05) is 28.5 Å². The summed E-state index contributed by atoms with van der Waals surface area (Å²) in [5.74, 6) is 0.338. The van der Waals surface area contributed by atoms with Crippen LogP contribution in [-0.2, 0) is 25.7 Å². The lowest BCUT2D eigenvalue weighted by atomic mass is 9.70. The van der Waals surface area contributed by atoms with Gasteiger partial charge in [0.1, 0.15) is 29.4 Å². The number of rotatable bonds is 6. The molecule has 2 aliphatic rings. The van der Waals surface area contributed by atoms with Crippen LogP contribution in [0.4, 0.5) is 0 Å². The molecule has 1 atom stereocenters. The van der Waals surface area contributed by atoms with Crippen molar-refractivity contribution in [3.05, 3.63) is 80.9 Å². The van der Waals surface area contributed by atoms with E-state index < -0.39 is 11.9 Å². The van der Waals surface area contributed by atoms with E-state index in [2.05, 4.69) is 15.9 Å². The van der Waals surface area contributed by atoms with E-state index in [1.165, 1.54) is 7.11 Å². The minimum absolute atomic E-state index is 0.0474. The van der Waals surface area contributed by atoms with Crippen LogP contribution >= 0.6 is 15.9 Å². The molecule has 0 saturated heterocycles. The van der Waals surface area contributed by atoms with E-state index in [0.29, 0.717) is 41.2 Å². The van der Waals surface area contributed by atoms with Crippen LogP contribution in [0.15, 0.2) is 69.7 Å². The smallest absolute Gasteiger partial charge is 0.340 e. The molecular weight excluding hydrogens is 514 g/mol. The second-order valence-corrected chi connectivity index (χ2v) is 10.3. The number of allylic oxidation sites excluding steroid dienone is 2. The fourth-order valence-electron chi connectivity index (χ4n) is 4.64. The van der Waals surface area contributed by atoms with E-state index in [0.717, 1.165) is 10.0 Å². The molecule has 0 amide bonds. The third-order valence-electron chi connectivity index (χ3n) is 6.19. The number of benzene rings is 2. The molecule has 4 rings (SSSR count). The molecule has 0 aromatic heterocycles. The van der Waals surface area contributed by atoms with Crippen molar-refractivity contribution in [2.24, 2.45) is 11.1 Å². The number of ketones is 1. The molecule has 1 heterocycles. The number of hydrogen-bond donors (Lipinski definition) is 1. The van der Waals surface area contributed by atoms with Gasteiger partial charge in [-0.05, 0) is 41.3 Å². The third kappa shape index (κ3) is 5.07. The summed E-state index contributed by atoms with van der Waals surface area (Å²) in [5.41, 5.74) is 7.97. The van der Waals surface area contributed by atoms with E-state index in [4.69, 9.17) is 24.7 Å². The Morgan fingerprint density at radius 2 is 1.94 bits per heavy atom. The van der Waals surface area contributed by atoms with E-state index in [1.54, 1.807) is 13.2 Å². The average Bonchev–Trinajstić information content (AvgIpc) is 2.80. The molecule has 8 heteroatoms. The second-order valence-electron chi connectivity index (χ2n) is 9.40. The Morgan fingerprint density at radius 1 is 1.17 bits per heavy atom. The molecule has 184 valence electrons. The van der Waals surface area contributed by atoms with E-state index >= 15 is 0 Å². The van der Waals surface area contributed by atoms with Crippen LogP contribution in [0.5, 0.6) is 11.5 Å². The number of halogens is 1. The van der Waals surface area contributed by atoms with Gasteiger partial charge in [-0.3, -0.25) is 4.79 Å². The molecule has 1 unspecified atom stereocenters. The predicted octanol–water partition coefficient (Wildman–Crippen LogP) is 5.14. The topological polar surface area (TPSA) is 97.1 Å². The lowest BCUT2D eigenvalue weighted by Crippen LogP contribution is -2.35. The number of carbonyl (C=O) groups excluding carboxylic acids is 2. The monoisotopic (exact) mass is 541 g/mol. The van der Waals surface area contributed by atoms with Crippen molar-refractivity contribution < 1.29 is 28.5 Å². The molecule has 2 aromatic rings. The van der Waals surface area contributed by atoms with Gasteiger partial charge in [0.25, 0.3) is 0 Å². The van der Waals surface area contributed by atoms with E-state index in [1.807, 2.05) is 50.2 Å². The second kappa shape index (κ2) is 9.77. The van der Waals surface area contributed by atoms with Gasteiger partial charge in [-0.25, -0.2) is 4.79 Å². The minimum Gasteiger partial charge on any atom is -0.496 e. The first kappa shape index (κ1) is 24.9. The largest absolute Gasteiger partial charge is 0.496 e. The van der Waals surface area contributed by atoms with Crippen LogP contribution in [0, 0.1) is 5.41 Å². The number of ether oxygens (including phenoxy) is 4. The summed E-state index contributed by atoms with van der Waals surface area (Å²) >= 11 is 3.44. The van der Waals surface area contributed by atoms with Gasteiger partial charge in [0.05, 0.1) is 20.1 Å². The fourth-order valence-corrected chi connectivity index (χ4v) is 5.01. The first-order chi connectivity index (χ1) is 16.6. The summed E-state index contributed by atoms with van der Waals surface area (Å²) in [5, 5.41) is 0. The first-order valence-electron chi connectivity index (χ1n) is 11.2. The van der Waals surface area contributed by atoms with Crippen LogP contribution in [0.2, 0.25) is 0 Å². The predicted molar refractivity (Wildman–Crippen MR) is 134 cm³/mol. The lowest BCUT2D eigenvalue weighted by Gasteiger charge is -2.38. The molecule has 2 N–H and O–H groups in total. The number of hydrogen-bond acceptors (Lipinski definition) is 7. The van der Waals surface area contributed by atoms with E-state index in [9.17, 15) is 9.59 Å². The molecule has 1 aliphatic heterocycles. The van der Waals surface area contributed by atoms with Gasteiger partial charge < -0.3 is 24.7 Å². The number of Topliss-reactive ketones (excluding diaryl/α,β-unsaturated/α-hetero) is 1. The lowest BCUT2D eigenvalue weighted by molar-refractivity contribution is -0.136. The highest BCUT2D eigenvalue weighted by molar-refractivity contribution is 9.10. The molecule has 0 bridgehead atoms. The Labute approximate surface area is 213 Å². The summed E-state index contributed by atoms with van der Waals surface area (Å²) in [6.45, 7) is 4.23. The van der Waals surface area contributed by atoms with Gasteiger partial charge >= 0.3 is 5.97 Å². The SMILES string of the molecule is COC(=O)C1=C(N)OC2=C(C(=O)CC(C)(C)C2)C1c1ccc(OC)c(COc2cccc(Br)c2)c1. The molecule has 0 spiro atoms. The summed E-state index contributed by atoms with van der Waals surface area (Å²) in [7, 11) is 2.86. The summed E-state index contributed by atoms with van der Waals surface area (Å²) in [4.78, 5) is 26.1. The Hall–Kier alpha value is -3.26. The number of nitrogens with two attached hydrogens (primary N) is 1. The standard InChI is InChI=1S/C27H28BrNO6/c1-27(2)12-19(30)23-21(13-27)35-25(29)24(26(31)33-4)22(23)15-8-9-20(32-3)16(10-15)14-34-18-7-5-6-17(28)11-18/h5-11,22H,12-14,29H2,1-4H3. The maximum absolute atomic E-state index is 13.3. The molecular formula is C27H28BrNO6. The van der Waals surface area contributed by atoms with Gasteiger partial charge in [-0.1, -0.05) is 41.9 Å². The quantitative estimate of drug-likeness (QED) is 0.505.